The molecule has 2 aromatic carbocycles. The Morgan fingerprint density at radius 2 is 0.947 bits per heavy atom. The Morgan fingerprint density at radius 1 is 0.553 bits per heavy atom. The zero-order valence-corrected chi connectivity index (χ0v) is 24.7. The zero-order valence-electron chi connectivity index (χ0n) is 23.0. The average molecular weight is 551 g/mol. The van der Waals surface area contributed by atoms with Gasteiger partial charge < -0.3 is 0 Å². The van der Waals surface area contributed by atoms with Crippen molar-refractivity contribution in [1.29, 1.82) is 0 Å². The molecule has 0 bridgehead atoms. The van der Waals surface area contributed by atoms with E-state index in [-0.39, 0.29) is 0 Å². The van der Waals surface area contributed by atoms with Gasteiger partial charge in [0.05, 0.1) is 11.0 Å². The molecule has 0 saturated carbocycles. The molecule has 4 aromatic rings. The maximum atomic E-state index is 4.64. The first-order valence-corrected chi connectivity index (χ1v) is 16.4. The lowest BCUT2D eigenvalue weighted by atomic mass is 10.1. The molecule has 2 heterocycles. The lowest BCUT2D eigenvalue weighted by molar-refractivity contribution is 0.627. The predicted octanol–water partition coefficient (Wildman–Crippen LogP) is 9.10. The molecule has 0 spiro atoms. The van der Waals surface area contributed by atoms with Crippen LogP contribution in [0.15, 0.2) is 48.5 Å². The first kappa shape index (κ1) is 28.7. The largest absolute Gasteiger partial charge is 0.204 e. The molecule has 0 aliphatic rings. The van der Waals surface area contributed by atoms with E-state index in [2.05, 4.69) is 58.7 Å². The molecule has 0 radical (unpaired) electrons. The topological polar surface area (TPSA) is 61.4 Å². The number of nitrogens with zero attached hydrogens (tertiary/aromatic N) is 6. The molecule has 0 unspecified atom stereocenters. The van der Waals surface area contributed by atoms with Gasteiger partial charge in [-0.25, -0.2) is 9.36 Å². The number of fused-ring (bicyclic) bond motifs is 2. The van der Waals surface area contributed by atoms with Crippen LogP contribution in [-0.4, -0.2) is 41.5 Å². The van der Waals surface area contributed by atoms with Gasteiger partial charge in [0, 0.05) is 0 Å². The molecule has 8 heteroatoms. The molecule has 2 aromatic heterocycles. The second kappa shape index (κ2) is 15.9. The highest BCUT2D eigenvalue weighted by molar-refractivity contribution is 8.13. The summed E-state index contributed by atoms with van der Waals surface area (Å²) in [5, 5.41) is 20.5. The van der Waals surface area contributed by atoms with E-state index in [1.54, 1.807) is 0 Å². The van der Waals surface area contributed by atoms with Crippen molar-refractivity contribution >= 4 is 55.6 Å². The third kappa shape index (κ3) is 7.85. The zero-order chi connectivity index (χ0) is 26.4. The minimum absolute atomic E-state index is 0.911. The van der Waals surface area contributed by atoms with Gasteiger partial charge in [-0.2, -0.15) is 0 Å². The standard InChI is InChI=1S/C30H42N6S2/c1-3-5-7-9-11-17-23-37-29(35-27-21-15-13-19-25(27)31-33-35)30(38-24-18-12-10-8-6-4-2)36-28-22-16-14-20-26(28)32-34-36/h13-16,19-22H,3-12,17-18,23-24H2,1-2H3/b30-29+. The normalized spacial score (nSPS) is 12.5. The fourth-order valence-corrected chi connectivity index (χ4v) is 6.94. The molecule has 0 aliphatic heterocycles. The van der Waals surface area contributed by atoms with E-state index in [4.69, 9.17) is 0 Å². The second-order valence-corrected chi connectivity index (χ2v) is 12.0. The van der Waals surface area contributed by atoms with Crippen LogP contribution in [0.5, 0.6) is 0 Å². The number of rotatable bonds is 18. The molecular weight excluding hydrogens is 509 g/mol. The third-order valence-corrected chi connectivity index (χ3v) is 9.14. The SMILES string of the molecule is CCCCCCCCS/C(=C(/SCCCCCCCC)n1nnc2ccccc21)n1nnc2ccccc21. The number of benzene rings is 2. The molecule has 0 saturated heterocycles. The highest BCUT2D eigenvalue weighted by Crippen LogP contribution is 2.38. The number of hydrogen-bond acceptors (Lipinski definition) is 6. The van der Waals surface area contributed by atoms with Crippen LogP contribution >= 0.6 is 23.5 Å². The number of aromatic nitrogens is 6. The predicted molar refractivity (Wildman–Crippen MR) is 166 cm³/mol. The number of para-hydroxylation sites is 2. The quantitative estimate of drug-likeness (QED) is 0.115. The van der Waals surface area contributed by atoms with Crippen molar-refractivity contribution in [3.05, 3.63) is 48.5 Å². The van der Waals surface area contributed by atoms with Crippen LogP contribution in [0, 0.1) is 0 Å². The maximum Gasteiger partial charge on any atom is 0.132 e. The van der Waals surface area contributed by atoms with Crippen molar-refractivity contribution in [1.82, 2.24) is 30.0 Å². The van der Waals surface area contributed by atoms with Crippen molar-refractivity contribution < 1.29 is 0 Å². The maximum absolute atomic E-state index is 4.64. The van der Waals surface area contributed by atoms with Crippen molar-refractivity contribution in [2.45, 2.75) is 90.9 Å². The summed E-state index contributed by atoms with van der Waals surface area (Å²) in [5.41, 5.74) is 3.88. The number of thioether (sulfide) groups is 2. The summed E-state index contributed by atoms with van der Waals surface area (Å²) in [6.45, 7) is 4.54. The lowest BCUT2D eigenvalue weighted by Gasteiger charge is -2.16. The van der Waals surface area contributed by atoms with Crippen molar-refractivity contribution in [2.24, 2.45) is 0 Å². The third-order valence-electron chi connectivity index (χ3n) is 6.74. The Kier molecular flexibility index (Phi) is 12.0. The van der Waals surface area contributed by atoms with Crippen LogP contribution in [0.3, 0.4) is 0 Å². The fourth-order valence-electron chi connectivity index (χ4n) is 4.57. The van der Waals surface area contributed by atoms with Gasteiger partial charge in [0.1, 0.15) is 21.1 Å². The van der Waals surface area contributed by atoms with Gasteiger partial charge >= 0.3 is 0 Å². The molecule has 4 rings (SSSR count). The lowest BCUT2D eigenvalue weighted by Crippen LogP contribution is -2.07. The monoisotopic (exact) mass is 550 g/mol. The molecule has 0 aliphatic carbocycles. The van der Waals surface area contributed by atoms with Gasteiger partial charge in [-0.15, -0.1) is 33.7 Å². The Labute approximate surface area is 236 Å². The Hall–Kier alpha value is -2.32. The summed E-state index contributed by atoms with van der Waals surface area (Å²) in [4.78, 5) is 0. The number of hydrogen-bond donors (Lipinski definition) is 0. The van der Waals surface area contributed by atoms with Crippen LogP contribution in [0.2, 0.25) is 0 Å². The van der Waals surface area contributed by atoms with Crippen molar-refractivity contribution in [2.75, 3.05) is 11.5 Å². The summed E-state index contributed by atoms with van der Waals surface area (Å²) in [7, 11) is 0. The molecule has 0 amide bonds. The molecule has 204 valence electrons. The van der Waals surface area contributed by atoms with Gasteiger partial charge in [-0.05, 0) is 48.6 Å². The van der Waals surface area contributed by atoms with Gasteiger partial charge in [0.2, 0.25) is 0 Å². The van der Waals surface area contributed by atoms with Gasteiger partial charge in [-0.3, -0.25) is 0 Å². The Morgan fingerprint density at radius 3 is 1.39 bits per heavy atom. The summed E-state index contributed by atoms with van der Waals surface area (Å²) in [6, 6.07) is 16.4. The molecule has 0 atom stereocenters. The van der Waals surface area contributed by atoms with E-state index in [0.717, 1.165) is 43.6 Å². The highest BCUT2D eigenvalue weighted by atomic mass is 32.2. The molecule has 0 fully saturated rings. The Balaban J connectivity index is 1.63. The van der Waals surface area contributed by atoms with Crippen LogP contribution in [0.4, 0.5) is 0 Å². The molecule has 38 heavy (non-hydrogen) atoms. The second-order valence-electron chi connectivity index (χ2n) is 9.82. The van der Waals surface area contributed by atoms with Gasteiger partial charge in [0.15, 0.2) is 0 Å². The van der Waals surface area contributed by atoms with E-state index in [1.807, 2.05) is 57.2 Å². The van der Waals surface area contributed by atoms with Crippen molar-refractivity contribution in [3.8, 4) is 0 Å². The van der Waals surface area contributed by atoms with E-state index in [9.17, 15) is 0 Å². The summed E-state index contributed by atoms with van der Waals surface area (Å²) >= 11 is 3.76. The Bertz CT molecular complexity index is 1180. The molecular formula is C30H42N6S2. The summed E-state index contributed by atoms with van der Waals surface area (Å²) < 4.78 is 4.05. The molecule has 6 nitrogen and oxygen atoms in total. The number of unbranched alkanes of at least 4 members (excludes halogenated alkanes) is 10. The minimum Gasteiger partial charge on any atom is -0.204 e. The van der Waals surface area contributed by atoms with Crippen LogP contribution < -0.4 is 0 Å². The summed E-state index contributed by atoms with van der Waals surface area (Å²) in [6.07, 6.45) is 15.5. The average Bonchev–Trinajstić information content (AvgIpc) is 3.57. The van der Waals surface area contributed by atoms with Gasteiger partial charge in [-0.1, -0.05) is 113 Å². The first-order chi connectivity index (χ1) is 18.8. The smallest absolute Gasteiger partial charge is 0.132 e. The van der Waals surface area contributed by atoms with Gasteiger partial charge in [0.25, 0.3) is 0 Å². The first-order valence-electron chi connectivity index (χ1n) is 14.4. The fraction of sp³-hybridized carbons (Fsp3) is 0.533. The highest BCUT2D eigenvalue weighted by Gasteiger charge is 2.20. The van der Waals surface area contributed by atoms with E-state index < -0.39 is 0 Å². The summed E-state index contributed by atoms with van der Waals surface area (Å²) in [5.74, 6) is 2.09. The van der Waals surface area contributed by atoms with Crippen LogP contribution in [-0.2, 0) is 0 Å². The molecule has 0 N–H and O–H groups in total. The van der Waals surface area contributed by atoms with E-state index >= 15 is 0 Å². The van der Waals surface area contributed by atoms with Crippen LogP contribution in [0.1, 0.15) is 90.9 Å². The minimum atomic E-state index is 0.911. The van der Waals surface area contributed by atoms with Crippen LogP contribution in [0.25, 0.3) is 32.1 Å². The van der Waals surface area contributed by atoms with E-state index in [1.165, 1.54) is 77.0 Å². The van der Waals surface area contributed by atoms with E-state index in [0.29, 0.717) is 0 Å². The van der Waals surface area contributed by atoms with Crippen molar-refractivity contribution in [3.63, 3.8) is 0 Å².